The summed E-state index contributed by atoms with van der Waals surface area (Å²) in [5.41, 5.74) is 1.86. The highest BCUT2D eigenvalue weighted by atomic mass is 32.2. The Morgan fingerprint density at radius 3 is 2.46 bits per heavy atom. The molecule has 2 heterocycles. The average Bonchev–Trinajstić information content (AvgIpc) is 3.22. The Morgan fingerprint density at radius 1 is 1.12 bits per heavy atom. The highest BCUT2D eigenvalue weighted by Gasteiger charge is 2.27. The van der Waals surface area contributed by atoms with Gasteiger partial charge in [0, 0.05) is 24.0 Å². The van der Waals surface area contributed by atoms with Crippen LogP contribution in [0.25, 0.3) is 0 Å². The first-order chi connectivity index (χ1) is 12.7. The van der Waals surface area contributed by atoms with Gasteiger partial charge in [-0.1, -0.05) is 19.1 Å². The van der Waals surface area contributed by atoms with E-state index in [1.54, 1.807) is 0 Å². The number of carbonyl (C=O) groups excluding carboxylic acids is 2. The summed E-state index contributed by atoms with van der Waals surface area (Å²) in [6, 6.07) is 8.34. The van der Waals surface area contributed by atoms with Crippen molar-refractivity contribution in [3.05, 3.63) is 29.8 Å². The predicted molar refractivity (Wildman–Crippen MR) is 107 cm³/mol. The molecule has 2 saturated heterocycles. The number of piperidine rings is 1. The van der Waals surface area contributed by atoms with E-state index in [9.17, 15) is 9.59 Å². The predicted octanol–water partition coefficient (Wildman–Crippen LogP) is 2.52. The molecule has 2 N–H and O–H groups in total. The van der Waals surface area contributed by atoms with Crippen LogP contribution < -0.4 is 10.6 Å². The van der Waals surface area contributed by atoms with Crippen LogP contribution in [0.3, 0.4) is 0 Å². The van der Waals surface area contributed by atoms with Crippen molar-refractivity contribution in [3.8, 4) is 0 Å². The molecule has 1 aromatic carbocycles. The fraction of sp³-hybridized carbons (Fsp3) is 0.600. The third-order valence-corrected chi connectivity index (χ3v) is 6.59. The Morgan fingerprint density at radius 2 is 1.85 bits per heavy atom. The largest absolute Gasteiger partial charge is 0.348 e. The van der Waals surface area contributed by atoms with Crippen molar-refractivity contribution in [2.45, 2.75) is 38.6 Å². The Hall–Kier alpha value is -1.53. The van der Waals surface area contributed by atoms with Crippen LogP contribution in [0, 0.1) is 5.92 Å². The van der Waals surface area contributed by atoms with Crippen molar-refractivity contribution in [1.29, 1.82) is 0 Å². The molecule has 0 radical (unpaired) electrons. The second kappa shape index (κ2) is 9.42. The van der Waals surface area contributed by atoms with E-state index in [2.05, 4.69) is 34.2 Å². The fourth-order valence-corrected chi connectivity index (χ4v) is 4.92. The molecule has 1 unspecified atom stereocenters. The number of hydrogen-bond donors (Lipinski definition) is 2. The van der Waals surface area contributed by atoms with Crippen molar-refractivity contribution in [3.63, 3.8) is 0 Å². The summed E-state index contributed by atoms with van der Waals surface area (Å²) >= 11 is 2.05. The first-order valence-corrected chi connectivity index (χ1v) is 10.8. The van der Waals surface area contributed by atoms with Crippen LogP contribution in [0.15, 0.2) is 24.3 Å². The second-order valence-electron chi connectivity index (χ2n) is 7.21. The number of hydrogen-bond acceptors (Lipinski definition) is 4. The molecule has 1 aromatic rings. The van der Waals surface area contributed by atoms with E-state index in [0.29, 0.717) is 18.2 Å². The highest BCUT2D eigenvalue weighted by molar-refractivity contribution is 7.99. The van der Waals surface area contributed by atoms with Gasteiger partial charge >= 0.3 is 11.8 Å². The normalized spacial score (nSPS) is 21.5. The second-order valence-corrected chi connectivity index (χ2v) is 8.36. The number of benzene rings is 1. The van der Waals surface area contributed by atoms with Gasteiger partial charge < -0.3 is 10.6 Å². The number of aryl methyl sites for hydroxylation is 1. The van der Waals surface area contributed by atoms with Gasteiger partial charge in [-0.15, -0.1) is 0 Å². The Kier molecular flexibility index (Phi) is 6.97. The molecule has 0 aromatic heterocycles. The van der Waals surface area contributed by atoms with E-state index in [4.69, 9.17) is 0 Å². The number of carbonyl (C=O) groups is 2. The summed E-state index contributed by atoms with van der Waals surface area (Å²) in [7, 11) is 0. The smallest absolute Gasteiger partial charge is 0.313 e. The SMILES string of the molecule is CCc1ccc(NC(=O)C(=O)NCC2CCN(C3CCSC3)CC2)cc1. The number of amides is 2. The summed E-state index contributed by atoms with van der Waals surface area (Å²) in [6.45, 7) is 4.90. The maximum Gasteiger partial charge on any atom is 0.313 e. The van der Waals surface area contributed by atoms with Crippen molar-refractivity contribution >= 4 is 29.3 Å². The third kappa shape index (κ3) is 5.24. The van der Waals surface area contributed by atoms with E-state index in [0.717, 1.165) is 38.4 Å². The average molecular weight is 376 g/mol. The van der Waals surface area contributed by atoms with Gasteiger partial charge in [-0.05, 0) is 68.1 Å². The number of anilines is 1. The van der Waals surface area contributed by atoms with Crippen LogP contribution in [0.2, 0.25) is 0 Å². The lowest BCUT2D eigenvalue weighted by atomic mass is 9.95. The lowest BCUT2D eigenvalue weighted by Crippen LogP contribution is -2.45. The van der Waals surface area contributed by atoms with Crippen LogP contribution >= 0.6 is 11.8 Å². The summed E-state index contributed by atoms with van der Waals surface area (Å²) in [6.07, 6.45) is 4.46. The minimum absolute atomic E-state index is 0.473. The zero-order chi connectivity index (χ0) is 18.4. The van der Waals surface area contributed by atoms with Gasteiger partial charge in [-0.3, -0.25) is 14.5 Å². The molecular formula is C20H29N3O2S. The summed E-state index contributed by atoms with van der Waals surface area (Å²) in [4.78, 5) is 26.7. The molecule has 1 atom stereocenters. The number of rotatable bonds is 5. The number of thioether (sulfide) groups is 1. The van der Waals surface area contributed by atoms with Gasteiger partial charge in [0.15, 0.2) is 0 Å². The molecule has 2 aliphatic heterocycles. The summed E-state index contributed by atoms with van der Waals surface area (Å²) in [5.74, 6) is 1.90. The number of nitrogens with zero attached hydrogens (tertiary/aromatic N) is 1. The topological polar surface area (TPSA) is 61.4 Å². The lowest BCUT2D eigenvalue weighted by molar-refractivity contribution is -0.136. The molecule has 26 heavy (non-hydrogen) atoms. The molecule has 3 rings (SSSR count). The molecule has 0 spiro atoms. The van der Waals surface area contributed by atoms with Gasteiger partial charge in [0.05, 0.1) is 0 Å². The molecule has 0 aliphatic carbocycles. The minimum Gasteiger partial charge on any atom is -0.348 e. The quantitative estimate of drug-likeness (QED) is 0.777. The fourth-order valence-electron chi connectivity index (χ4n) is 3.66. The highest BCUT2D eigenvalue weighted by Crippen LogP contribution is 2.26. The summed E-state index contributed by atoms with van der Waals surface area (Å²) < 4.78 is 0. The van der Waals surface area contributed by atoms with Crippen LogP contribution in [0.1, 0.15) is 31.7 Å². The van der Waals surface area contributed by atoms with Crippen molar-refractivity contribution in [2.75, 3.05) is 36.5 Å². The Bertz CT molecular complexity index is 606. The van der Waals surface area contributed by atoms with Gasteiger partial charge in [0.1, 0.15) is 0 Å². The van der Waals surface area contributed by atoms with E-state index in [1.165, 1.54) is 23.5 Å². The molecule has 0 saturated carbocycles. The van der Waals surface area contributed by atoms with E-state index < -0.39 is 11.8 Å². The van der Waals surface area contributed by atoms with Gasteiger partial charge in [0.2, 0.25) is 0 Å². The van der Waals surface area contributed by atoms with Crippen LogP contribution in [-0.2, 0) is 16.0 Å². The molecule has 6 heteroatoms. The molecule has 2 aliphatic rings. The molecule has 142 valence electrons. The Balaban J connectivity index is 1.37. The summed E-state index contributed by atoms with van der Waals surface area (Å²) in [5, 5.41) is 5.47. The third-order valence-electron chi connectivity index (χ3n) is 5.45. The first kappa shape index (κ1) is 19.2. The van der Waals surface area contributed by atoms with Crippen molar-refractivity contribution in [2.24, 2.45) is 5.92 Å². The van der Waals surface area contributed by atoms with Crippen molar-refractivity contribution < 1.29 is 9.59 Å². The van der Waals surface area contributed by atoms with Gasteiger partial charge in [-0.25, -0.2) is 0 Å². The molecule has 2 amide bonds. The molecular weight excluding hydrogens is 346 g/mol. The first-order valence-electron chi connectivity index (χ1n) is 9.65. The molecule has 5 nitrogen and oxygen atoms in total. The zero-order valence-corrected chi connectivity index (χ0v) is 16.3. The van der Waals surface area contributed by atoms with Gasteiger partial charge in [0.25, 0.3) is 0 Å². The Labute approximate surface area is 160 Å². The number of nitrogens with one attached hydrogen (secondary N) is 2. The van der Waals surface area contributed by atoms with Crippen LogP contribution in [-0.4, -0.2) is 53.9 Å². The van der Waals surface area contributed by atoms with Crippen LogP contribution in [0.5, 0.6) is 0 Å². The van der Waals surface area contributed by atoms with E-state index >= 15 is 0 Å². The molecule has 2 fully saturated rings. The monoisotopic (exact) mass is 375 g/mol. The van der Waals surface area contributed by atoms with Gasteiger partial charge in [-0.2, -0.15) is 11.8 Å². The maximum absolute atomic E-state index is 12.1. The van der Waals surface area contributed by atoms with Crippen molar-refractivity contribution in [1.82, 2.24) is 10.2 Å². The standard InChI is InChI=1S/C20H29N3O2S/c1-2-15-3-5-17(6-4-15)22-20(25)19(24)21-13-16-7-10-23(11-8-16)18-9-12-26-14-18/h3-6,16,18H,2,7-14H2,1H3,(H,21,24)(H,22,25). The molecule has 0 bridgehead atoms. The lowest BCUT2D eigenvalue weighted by Gasteiger charge is -2.35. The van der Waals surface area contributed by atoms with E-state index in [-0.39, 0.29) is 0 Å². The maximum atomic E-state index is 12.1. The van der Waals surface area contributed by atoms with Crippen LogP contribution in [0.4, 0.5) is 5.69 Å². The zero-order valence-electron chi connectivity index (χ0n) is 15.5. The van der Waals surface area contributed by atoms with E-state index in [1.807, 2.05) is 24.3 Å². The number of likely N-dealkylation sites (tertiary alicyclic amines) is 1. The minimum atomic E-state index is -0.588.